The summed E-state index contributed by atoms with van der Waals surface area (Å²) in [7, 11) is 0. The molecule has 0 amide bonds. The summed E-state index contributed by atoms with van der Waals surface area (Å²) in [5, 5.41) is 9.80. The Hall–Kier alpha value is -1.57. The topological polar surface area (TPSA) is 37.3 Å². The van der Waals surface area contributed by atoms with E-state index in [4.69, 9.17) is 0 Å². The van der Waals surface area contributed by atoms with Gasteiger partial charge in [-0.05, 0) is 72.9 Å². The second-order valence-corrected chi connectivity index (χ2v) is 7.16. The number of rotatable bonds is 2. The van der Waals surface area contributed by atoms with Crippen LogP contribution in [0.1, 0.15) is 50.7 Å². The van der Waals surface area contributed by atoms with Gasteiger partial charge in [0.15, 0.2) is 5.78 Å². The van der Waals surface area contributed by atoms with Crippen LogP contribution in [-0.2, 0) is 11.2 Å². The number of carbonyl (C=O) groups is 1. The van der Waals surface area contributed by atoms with Crippen LogP contribution in [0.4, 0.5) is 0 Å². The van der Waals surface area contributed by atoms with Crippen molar-refractivity contribution in [2.45, 2.75) is 46.0 Å². The van der Waals surface area contributed by atoms with Crippen LogP contribution in [0.15, 0.2) is 23.8 Å². The minimum atomic E-state index is 0.175. The first kappa shape index (κ1) is 13.1. The Morgan fingerprint density at radius 3 is 2.95 bits per heavy atom. The number of hydrogen-bond donors (Lipinski definition) is 1. The van der Waals surface area contributed by atoms with Crippen molar-refractivity contribution in [1.82, 2.24) is 0 Å². The first-order chi connectivity index (χ1) is 10.1. The molecule has 21 heavy (non-hydrogen) atoms. The van der Waals surface area contributed by atoms with E-state index >= 15 is 0 Å². The molecule has 110 valence electrons. The lowest BCUT2D eigenvalue weighted by molar-refractivity contribution is -0.119. The number of phenolic OH excluding ortho intramolecular Hbond substituents is 1. The molecule has 1 fully saturated rings. The van der Waals surface area contributed by atoms with Gasteiger partial charge < -0.3 is 5.11 Å². The van der Waals surface area contributed by atoms with Crippen molar-refractivity contribution in [3.8, 4) is 5.75 Å². The minimum Gasteiger partial charge on any atom is -0.508 e. The zero-order chi connectivity index (χ0) is 14.8. The molecule has 1 aromatic rings. The number of allylic oxidation sites excluding steroid dienone is 2. The molecule has 1 spiro atoms. The van der Waals surface area contributed by atoms with Crippen LogP contribution < -0.4 is 0 Å². The van der Waals surface area contributed by atoms with Crippen molar-refractivity contribution in [3.63, 3.8) is 0 Å². The fraction of sp³-hybridized carbons (Fsp3) is 0.526. The molecule has 0 saturated heterocycles. The van der Waals surface area contributed by atoms with Gasteiger partial charge >= 0.3 is 0 Å². The summed E-state index contributed by atoms with van der Waals surface area (Å²) in [6, 6.07) is 5.69. The fourth-order valence-corrected chi connectivity index (χ4v) is 5.40. The SMILES string of the molecule is CCCC1CC2CC13Cc1cc(O)ccc1C3=C(C)C2=O. The highest BCUT2D eigenvalue weighted by atomic mass is 16.3. The summed E-state index contributed by atoms with van der Waals surface area (Å²) >= 11 is 0. The molecule has 1 N–H and O–H groups in total. The molecule has 1 saturated carbocycles. The van der Waals surface area contributed by atoms with E-state index in [1.54, 1.807) is 6.07 Å². The van der Waals surface area contributed by atoms with Gasteiger partial charge in [-0.25, -0.2) is 0 Å². The highest BCUT2D eigenvalue weighted by Gasteiger charge is 2.58. The van der Waals surface area contributed by atoms with Crippen molar-refractivity contribution >= 4 is 11.4 Å². The predicted molar refractivity (Wildman–Crippen MR) is 83.0 cm³/mol. The van der Waals surface area contributed by atoms with Gasteiger partial charge in [-0.3, -0.25) is 4.79 Å². The van der Waals surface area contributed by atoms with Crippen LogP contribution in [0.3, 0.4) is 0 Å². The lowest BCUT2D eigenvalue weighted by Gasteiger charge is -2.36. The molecule has 0 radical (unpaired) electrons. The van der Waals surface area contributed by atoms with Gasteiger partial charge in [-0.15, -0.1) is 0 Å². The molecule has 0 aromatic heterocycles. The molecule has 2 nitrogen and oxygen atoms in total. The maximum atomic E-state index is 12.6. The average molecular weight is 282 g/mol. The number of Topliss-reactive ketones (excluding diaryl/α,β-unsaturated/α-hetero) is 1. The third-order valence-corrected chi connectivity index (χ3v) is 6.08. The summed E-state index contributed by atoms with van der Waals surface area (Å²) in [5.74, 6) is 1.58. The van der Waals surface area contributed by atoms with Gasteiger partial charge in [0.05, 0.1) is 0 Å². The molecule has 3 aliphatic rings. The Labute approximate surface area is 125 Å². The van der Waals surface area contributed by atoms with Gasteiger partial charge in [0.2, 0.25) is 0 Å². The van der Waals surface area contributed by atoms with E-state index in [-0.39, 0.29) is 11.3 Å². The Balaban J connectivity index is 1.94. The van der Waals surface area contributed by atoms with E-state index in [2.05, 4.69) is 6.92 Å². The van der Waals surface area contributed by atoms with E-state index in [1.165, 1.54) is 29.5 Å². The first-order valence-electron chi connectivity index (χ1n) is 8.14. The fourth-order valence-electron chi connectivity index (χ4n) is 5.40. The van der Waals surface area contributed by atoms with Gasteiger partial charge in [-0.1, -0.05) is 19.4 Å². The van der Waals surface area contributed by atoms with Gasteiger partial charge in [0.1, 0.15) is 5.75 Å². The molecule has 3 aliphatic carbocycles. The van der Waals surface area contributed by atoms with E-state index < -0.39 is 0 Å². The monoisotopic (exact) mass is 282 g/mol. The van der Waals surface area contributed by atoms with Gasteiger partial charge in [0, 0.05) is 11.3 Å². The van der Waals surface area contributed by atoms with Gasteiger partial charge in [0.25, 0.3) is 0 Å². The average Bonchev–Trinajstić information content (AvgIpc) is 2.94. The normalized spacial score (nSPS) is 33.3. The number of hydrogen-bond acceptors (Lipinski definition) is 2. The Kier molecular flexibility index (Phi) is 2.64. The smallest absolute Gasteiger partial charge is 0.162 e. The summed E-state index contributed by atoms with van der Waals surface area (Å²) in [5.41, 5.74) is 4.94. The maximum absolute atomic E-state index is 12.6. The molecular formula is C19H22O2. The summed E-state index contributed by atoms with van der Waals surface area (Å²) < 4.78 is 0. The number of phenols is 1. The van der Waals surface area contributed by atoms with Crippen molar-refractivity contribution in [1.29, 1.82) is 0 Å². The van der Waals surface area contributed by atoms with Crippen LogP contribution in [0.2, 0.25) is 0 Å². The van der Waals surface area contributed by atoms with E-state index in [9.17, 15) is 9.90 Å². The van der Waals surface area contributed by atoms with Crippen LogP contribution in [-0.4, -0.2) is 10.9 Å². The molecule has 0 aliphatic heterocycles. The minimum absolute atomic E-state index is 0.175. The summed E-state index contributed by atoms with van der Waals surface area (Å²) in [6.45, 7) is 4.26. The lowest BCUT2D eigenvalue weighted by Crippen LogP contribution is -2.30. The third kappa shape index (κ3) is 1.56. The number of benzene rings is 1. The van der Waals surface area contributed by atoms with E-state index in [1.807, 2.05) is 19.1 Å². The van der Waals surface area contributed by atoms with Crippen molar-refractivity contribution in [2.24, 2.45) is 17.3 Å². The Morgan fingerprint density at radius 2 is 2.19 bits per heavy atom. The largest absolute Gasteiger partial charge is 0.508 e. The molecular weight excluding hydrogens is 260 g/mol. The van der Waals surface area contributed by atoms with Crippen LogP contribution in [0.5, 0.6) is 5.75 Å². The second-order valence-electron chi connectivity index (χ2n) is 7.16. The third-order valence-electron chi connectivity index (χ3n) is 6.08. The maximum Gasteiger partial charge on any atom is 0.162 e. The van der Waals surface area contributed by atoms with Crippen molar-refractivity contribution in [3.05, 3.63) is 34.9 Å². The summed E-state index contributed by atoms with van der Waals surface area (Å²) in [6.07, 6.45) is 5.49. The molecule has 2 heteroatoms. The van der Waals surface area contributed by atoms with Crippen LogP contribution in [0.25, 0.3) is 5.57 Å². The quantitative estimate of drug-likeness (QED) is 0.886. The number of fused-ring (bicyclic) bond motifs is 3. The lowest BCUT2D eigenvalue weighted by atomic mass is 9.67. The van der Waals surface area contributed by atoms with E-state index in [0.29, 0.717) is 17.5 Å². The molecule has 0 heterocycles. The van der Waals surface area contributed by atoms with Crippen LogP contribution in [0, 0.1) is 17.3 Å². The molecule has 2 bridgehead atoms. The van der Waals surface area contributed by atoms with Crippen molar-refractivity contribution in [2.75, 3.05) is 0 Å². The Morgan fingerprint density at radius 1 is 1.38 bits per heavy atom. The highest BCUT2D eigenvalue weighted by Crippen LogP contribution is 2.65. The zero-order valence-corrected chi connectivity index (χ0v) is 12.8. The zero-order valence-electron chi connectivity index (χ0n) is 12.8. The highest BCUT2D eigenvalue weighted by molar-refractivity contribution is 6.08. The first-order valence-corrected chi connectivity index (χ1v) is 8.14. The number of aromatic hydroxyl groups is 1. The molecule has 3 atom stereocenters. The molecule has 3 unspecified atom stereocenters. The van der Waals surface area contributed by atoms with Crippen molar-refractivity contribution < 1.29 is 9.90 Å². The molecule has 4 rings (SSSR count). The number of carbonyl (C=O) groups excluding carboxylic acids is 1. The van der Waals surface area contributed by atoms with Gasteiger partial charge in [-0.2, -0.15) is 0 Å². The number of ketones is 1. The Bertz CT molecular complexity index is 670. The van der Waals surface area contributed by atoms with E-state index in [0.717, 1.165) is 24.8 Å². The standard InChI is InChI=1S/C19H22O2/c1-3-4-14-7-13-10-19(14)9-12-8-15(20)5-6-16(12)17(19)11(2)18(13)21/h5-6,8,13-14,20H,3-4,7,9-10H2,1-2H3. The second kappa shape index (κ2) is 4.22. The predicted octanol–water partition coefficient (Wildman–Crippen LogP) is 4.12. The molecule has 1 aromatic carbocycles. The van der Waals surface area contributed by atoms with Crippen LogP contribution >= 0.6 is 0 Å². The summed E-state index contributed by atoms with van der Waals surface area (Å²) in [4.78, 5) is 12.6.